The van der Waals surface area contributed by atoms with Crippen molar-refractivity contribution in [3.8, 4) is 0 Å². The summed E-state index contributed by atoms with van der Waals surface area (Å²) in [5.41, 5.74) is 1.76. The number of ether oxygens (including phenoxy) is 2. The van der Waals surface area contributed by atoms with Gasteiger partial charge in [0, 0.05) is 11.8 Å². The van der Waals surface area contributed by atoms with Crippen LogP contribution in [0.3, 0.4) is 0 Å². The maximum Gasteiger partial charge on any atom is 0.408 e. The minimum atomic E-state index is -1.00. The zero-order chi connectivity index (χ0) is 26.3. The van der Waals surface area contributed by atoms with Crippen LogP contribution in [0.1, 0.15) is 62.8 Å². The highest BCUT2D eigenvalue weighted by atomic mass is 32.1. The highest BCUT2D eigenvalue weighted by molar-refractivity contribution is 7.80. The molecule has 194 valence electrons. The molecular weight excluding hydrogens is 470 g/mol. The monoisotopic (exact) mass is 507 g/mol. The van der Waals surface area contributed by atoms with E-state index in [4.69, 9.17) is 4.74 Å². The average molecular weight is 508 g/mol. The first kappa shape index (κ1) is 28.5. The normalized spacial score (nSPS) is 15.3. The number of esters is 1. The Labute approximate surface area is 212 Å². The van der Waals surface area contributed by atoms with E-state index < -0.39 is 41.6 Å². The Balaban J connectivity index is 2.45. The molecule has 1 saturated carbocycles. The van der Waals surface area contributed by atoms with E-state index in [1.807, 2.05) is 32.0 Å². The lowest BCUT2D eigenvalue weighted by Crippen LogP contribution is -2.58. The van der Waals surface area contributed by atoms with E-state index in [0.29, 0.717) is 5.56 Å². The summed E-state index contributed by atoms with van der Waals surface area (Å²) in [6.45, 7) is 8.69. The number of alkyl carbamates (subject to hydrolysis) is 1. The van der Waals surface area contributed by atoms with Crippen molar-refractivity contribution in [3.05, 3.63) is 34.9 Å². The van der Waals surface area contributed by atoms with Gasteiger partial charge in [0.1, 0.15) is 24.2 Å². The third-order valence-electron chi connectivity index (χ3n) is 5.62. The molecule has 1 aliphatic carbocycles. The van der Waals surface area contributed by atoms with Crippen molar-refractivity contribution >= 4 is 36.5 Å². The number of methoxy groups -OCH3 is 1. The van der Waals surface area contributed by atoms with Crippen LogP contribution in [0.15, 0.2) is 18.2 Å². The third kappa shape index (κ3) is 8.16. The van der Waals surface area contributed by atoms with Gasteiger partial charge in [-0.15, -0.1) is 0 Å². The van der Waals surface area contributed by atoms with Crippen LogP contribution in [0.2, 0.25) is 0 Å². The van der Waals surface area contributed by atoms with E-state index in [1.165, 1.54) is 12.0 Å². The molecule has 35 heavy (non-hydrogen) atoms. The second kappa shape index (κ2) is 12.3. The van der Waals surface area contributed by atoms with Gasteiger partial charge >= 0.3 is 12.1 Å². The number of aryl methyl sites for hydroxylation is 2. The number of nitrogens with one attached hydrogen (secondary N) is 2. The number of hydrogen-bond acceptors (Lipinski definition) is 7. The fraction of sp³-hybridized carbons (Fsp3) is 0.600. The Hall–Kier alpha value is -2.75. The summed E-state index contributed by atoms with van der Waals surface area (Å²) in [6.07, 6.45) is 1.63. The summed E-state index contributed by atoms with van der Waals surface area (Å²) < 4.78 is 9.96. The van der Waals surface area contributed by atoms with Gasteiger partial charge in [-0.3, -0.25) is 14.4 Å². The van der Waals surface area contributed by atoms with Gasteiger partial charge in [-0.1, -0.05) is 29.3 Å². The standard InChI is InChI=1S/C25H37N3O6S/c1-15-10-16(2)12-17(11-15)21(22(30)26-13-20(29)33-6)28(18-8-7-9-18)23(31)19(14-35)27-24(32)34-25(3,4)5/h10-12,18-19,21,35H,7-9,13-14H2,1-6H3,(H,26,30)(H,27,32). The molecule has 9 nitrogen and oxygen atoms in total. The average Bonchev–Trinajstić information content (AvgIpc) is 2.71. The molecule has 0 spiro atoms. The van der Waals surface area contributed by atoms with Crippen LogP contribution in [0.5, 0.6) is 0 Å². The quantitative estimate of drug-likeness (QED) is 0.350. The minimum Gasteiger partial charge on any atom is -0.468 e. The number of hydrogen-bond donors (Lipinski definition) is 3. The molecule has 1 aliphatic rings. The van der Waals surface area contributed by atoms with Gasteiger partial charge in [-0.25, -0.2) is 4.79 Å². The molecule has 0 saturated heterocycles. The number of rotatable bonds is 9. The number of benzene rings is 1. The Morgan fingerprint density at radius 1 is 1.11 bits per heavy atom. The molecule has 2 unspecified atom stereocenters. The second-order valence-electron chi connectivity index (χ2n) is 9.83. The van der Waals surface area contributed by atoms with Gasteiger partial charge in [0.25, 0.3) is 0 Å². The van der Waals surface area contributed by atoms with E-state index in [9.17, 15) is 19.2 Å². The smallest absolute Gasteiger partial charge is 0.408 e. The van der Waals surface area contributed by atoms with Crippen molar-refractivity contribution in [1.82, 2.24) is 15.5 Å². The molecule has 0 heterocycles. The zero-order valence-electron chi connectivity index (χ0n) is 21.3. The molecule has 0 bridgehead atoms. The lowest BCUT2D eigenvalue weighted by molar-refractivity contribution is -0.148. The topological polar surface area (TPSA) is 114 Å². The predicted molar refractivity (Wildman–Crippen MR) is 135 cm³/mol. The van der Waals surface area contributed by atoms with E-state index in [2.05, 4.69) is 28.0 Å². The first-order valence-electron chi connectivity index (χ1n) is 11.7. The molecule has 1 aromatic rings. The molecule has 2 N–H and O–H groups in total. The summed E-state index contributed by atoms with van der Waals surface area (Å²) in [4.78, 5) is 52.9. The highest BCUT2D eigenvalue weighted by Gasteiger charge is 2.41. The van der Waals surface area contributed by atoms with Crippen molar-refractivity contribution in [2.75, 3.05) is 19.4 Å². The van der Waals surface area contributed by atoms with Gasteiger partial charge in [-0.05, 0) is 59.4 Å². The molecule has 0 aliphatic heterocycles. The summed E-state index contributed by atoms with van der Waals surface area (Å²) >= 11 is 4.29. The predicted octanol–water partition coefficient (Wildman–Crippen LogP) is 2.84. The molecule has 3 amide bonds. The molecular formula is C25H37N3O6S. The van der Waals surface area contributed by atoms with Gasteiger partial charge < -0.3 is 25.0 Å². The van der Waals surface area contributed by atoms with E-state index in [-0.39, 0.29) is 18.3 Å². The summed E-state index contributed by atoms with van der Waals surface area (Å²) in [5, 5.41) is 5.20. The number of thiol groups is 1. The van der Waals surface area contributed by atoms with Gasteiger partial charge in [0.05, 0.1) is 7.11 Å². The van der Waals surface area contributed by atoms with Crippen molar-refractivity contribution in [2.45, 2.75) is 77.6 Å². The first-order chi connectivity index (χ1) is 16.4. The van der Waals surface area contributed by atoms with Crippen molar-refractivity contribution in [2.24, 2.45) is 0 Å². The molecule has 10 heteroatoms. The van der Waals surface area contributed by atoms with Crippen LogP contribution in [-0.2, 0) is 23.9 Å². The van der Waals surface area contributed by atoms with Crippen LogP contribution in [0.25, 0.3) is 0 Å². The van der Waals surface area contributed by atoms with Crippen molar-refractivity contribution in [1.29, 1.82) is 0 Å². The summed E-state index contributed by atoms with van der Waals surface area (Å²) in [5.74, 6) is -1.52. The summed E-state index contributed by atoms with van der Waals surface area (Å²) in [6, 6.07) is 3.48. The van der Waals surface area contributed by atoms with Gasteiger partial charge in [0.2, 0.25) is 11.8 Å². The summed E-state index contributed by atoms with van der Waals surface area (Å²) in [7, 11) is 1.24. The number of nitrogens with zero attached hydrogens (tertiary/aromatic N) is 1. The van der Waals surface area contributed by atoms with E-state index in [1.54, 1.807) is 20.8 Å². The maximum atomic E-state index is 13.8. The fourth-order valence-corrected chi connectivity index (χ4v) is 4.18. The molecule has 1 aromatic carbocycles. The molecule has 2 rings (SSSR count). The number of amides is 3. The molecule has 2 atom stereocenters. The Kier molecular flexibility index (Phi) is 10.00. The Morgan fingerprint density at radius 3 is 2.17 bits per heavy atom. The van der Waals surface area contributed by atoms with Crippen LogP contribution < -0.4 is 10.6 Å². The molecule has 0 aromatic heterocycles. The molecule has 0 radical (unpaired) electrons. The lowest BCUT2D eigenvalue weighted by atomic mass is 9.87. The van der Waals surface area contributed by atoms with Crippen LogP contribution >= 0.6 is 12.6 Å². The largest absolute Gasteiger partial charge is 0.468 e. The van der Waals surface area contributed by atoms with E-state index in [0.717, 1.165) is 30.4 Å². The zero-order valence-corrected chi connectivity index (χ0v) is 22.2. The fourth-order valence-electron chi connectivity index (χ4n) is 3.93. The maximum absolute atomic E-state index is 13.8. The second-order valence-corrected chi connectivity index (χ2v) is 10.2. The van der Waals surface area contributed by atoms with Crippen LogP contribution in [0, 0.1) is 13.8 Å². The SMILES string of the molecule is COC(=O)CNC(=O)C(c1cc(C)cc(C)c1)N(C(=O)C(CS)NC(=O)OC(C)(C)C)C1CCC1. The number of carbonyl (C=O) groups excluding carboxylic acids is 4. The first-order valence-corrected chi connectivity index (χ1v) is 12.3. The van der Waals surface area contributed by atoms with Gasteiger partial charge in [0.15, 0.2) is 0 Å². The highest BCUT2D eigenvalue weighted by Crippen LogP contribution is 2.34. The Bertz CT molecular complexity index is 921. The van der Waals surface area contributed by atoms with E-state index >= 15 is 0 Å². The van der Waals surface area contributed by atoms with Gasteiger partial charge in [-0.2, -0.15) is 12.6 Å². The third-order valence-corrected chi connectivity index (χ3v) is 5.98. The van der Waals surface area contributed by atoms with Crippen LogP contribution in [-0.4, -0.2) is 65.9 Å². The van der Waals surface area contributed by atoms with Crippen molar-refractivity contribution in [3.63, 3.8) is 0 Å². The van der Waals surface area contributed by atoms with Crippen molar-refractivity contribution < 1.29 is 28.7 Å². The molecule has 1 fully saturated rings. The van der Waals surface area contributed by atoms with Crippen LogP contribution in [0.4, 0.5) is 4.79 Å². The number of carbonyl (C=O) groups is 4. The Morgan fingerprint density at radius 2 is 1.71 bits per heavy atom. The minimum absolute atomic E-state index is 0.0185. The lowest BCUT2D eigenvalue weighted by Gasteiger charge is -2.43.